The second-order valence-electron chi connectivity index (χ2n) is 6.31. The molecule has 0 aromatic heterocycles. The summed E-state index contributed by atoms with van der Waals surface area (Å²) in [6, 6.07) is 0. The molecule has 0 aromatic rings. The maximum Gasteiger partial charge on any atom is 0.328 e. The Labute approximate surface area is 163 Å². The van der Waals surface area contributed by atoms with Crippen LogP contribution in [0.15, 0.2) is 60.8 Å². The van der Waals surface area contributed by atoms with Crippen molar-refractivity contribution in [2.45, 2.75) is 64.2 Å². The molecule has 0 spiro atoms. The minimum atomic E-state index is -0.948. The first-order valence-corrected chi connectivity index (χ1v) is 9.81. The summed E-state index contributed by atoms with van der Waals surface area (Å²) in [7, 11) is 0. The second kappa shape index (κ2) is 19.9. The summed E-state index contributed by atoms with van der Waals surface area (Å²) in [5.74, 6) is -0.948. The number of nitro groups is 1. The van der Waals surface area contributed by atoms with Gasteiger partial charge in [-0.25, -0.2) is 4.79 Å². The van der Waals surface area contributed by atoms with Gasteiger partial charge in [-0.05, 0) is 19.3 Å². The van der Waals surface area contributed by atoms with Crippen LogP contribution in [-0.4, -0.2) is 22.5 Å². The Bertz CT molecular complexity index is 530. The summed E-state index contributed by atoms with van der Waals surface area (Å²) >= 11 is 0. The lowest BCUT2D eigenvalue weighted by atomic mass is 10.1. The zero-order valence-electron chi connectivity index (χ0n) is 16.2. The quantitative estimate of drug-likeness (QED) is 0.111. The molecule has 150 valence electrons. The second-order valence-corrected chi connectivity index (χ2v) is 6.31. The van der Waals surface area contributed by atoms with Crippen LogP contribution in [0.25, 0.3) is 0 Å². The van der Waals surface area contributed by atoms with Crippen LogP contribution in [0.1, 0.15) is 64.2 Å². The zero-order valence-corrected chi connectivity index (χ0v) is 16.2. The van der Waals surface area contributed by atoms with Gasteiger partial charge in [0.05, 0.1) is 0 Å². The topological polar surface area (TPSA) is 80.4 Å². The highest BCUT2D eigenvalue weighted by Crippen LogP contribution is 2.10. The van der Waals surface area contributed by atoms with Gasteiger partial charge in [0.25, 0.3) is 0 Å². The Morgan fingerprint density at radius 3 is 1.67 bits per heavy atom. The molecule has 0 atom stereocenters. The lowest BCUT2D eigenvalue weighted by molar-refractivity contribution is -0.480. The van der Waals surface area contributed by atoms with Gasteiger partial charge in [0, 0.05) is 17.4 Å². The SMILES string of the molecule is O=C(O)C=CC=CC=CC=CC=CCCCCCCCCCCC[N+](=O)[O-]. The summed E-state index contributed by atoms with van der Waals surface area (Å²) < 4.78 is 0. The van der Waals surface area contributed by atoms with E-state index in [2.05, 4.69) is 6.08 Å². The van der Waals surface area contributed by atoms with Gasteiger partial charge < -0.3 is 5.11 Å². The molecule has 0 aromatic carbocycles. The molecule has 0 aliphatic heterocycles. The summed E-state index contributed by atoms with van der Waals surface area (Å²) in [5.41, 5.74) is 0. The van der Waals surface area contributed by atoms with Gasteiger partial charge >= 0.3 is 5.97 Å². The number of carboxylic acids is 1. The number of rotatable bonds is 17. The van der Waals surface area contributed by atoms with E-state index in [0.29, 0.717) is 6.42 Å². The van der Waals surface area contributed by atoms with Crippen molar-refractivity contribution >= 4 is 5.97 Å². The van der Waals surface area contributed by atoms with E-state index in [4.69, 9.17) is 5.11 Å². The third-order valence-corrected chi connectivity index (χ3v) is 3.86. The summed E-state index contributed by atoms with van der Waals surface area (Å²) in [4.78, 5) is 20.2. The Balaban J connectivity index is 3.40. The van der Waals surface area contributed by atoms with E-state index in [0.717, 1.165) is 25.3 Å². The standard InChI is InChI=1S/C22H33NO4/c24-22(25)20-18-16-14-12-10-8-6-4-2-1-3-5-7-9-11-13-15-17-19-21-23(26)27/h2,4,6,8,10,12,14,16,18,20H,1,3,5,7,9,11,13,15,17,19,21H2,(H,24,25). The first-order valence-electron chi connectivity index (χ1n) is 9.81. The van der Waals surface area contributed by atoms with Gasteiger partial charge in [-0.2, -0.15) is 0 Å². The summed E-state index contributed by atoms with van der Waals surface area (Å²) in [6.45, 7) is 0.113. The van der Waals surface area contributed by atoms with Crippen molar-refractivity contribution in [3.63, 3.8) is 0 Å². The highest BCUT2D eigenvalue weighted by atomic mass is 16.6. The minimum absolute atomic E-state index is 0.113. The molecule has 27 heavy (non-hydrogen) atoms. The first-order chi connectivity index (χ1) is 13.1. The number of nitrogens with zero attached hydrogens (tertiary/aromatic N) is 1. The van der Waals surface area contributed by atoms with Crippen LogP contribution in [0.5, 0.6) is 0 Å². The average Bonchev–Trinajstić information content (AvgIpc) is 2.62. The number of unbranched alkanes of at least 4 members (excludes halogenated alkanes) is 9. The molecule has 5 nitrogen and oxygen atoms in total. The van der Waals surface area contributed by atoms with Crippen molar-refractivity contribution in [1.82, 2.24) is 0 Å². The molecule has 0 radical (unpaired) electrons. The lowest BCUT2D eigenvalue weighted by Gasteiger charge is -2.00. The van der Waals surface area contributed by atoms with Crippen molar-refractivity contribution < 1.29 is 14.8 Å². The first kappa shape index (κ1) is 24.6. The fourth-order valence-electron chi connectivity index (χ4n) is 2.44. The molecule has 0 aliphatic carbocycles. The summed E-state index contributed by atoms with van der Waals surface area (Å²) in [5, 5.41) is 18.6. The fourth-order valence-corrected chi connectivity index (χ4v) is 2.44. The van der Waals surface area contributed by atoms with E-state index in [-0.39, 0.29) is 11.5 Å². The lowest BCUT2D eigenvalue weighted by Crippen LogP contribution is -1.99. The Kier molecular flexibility index (Phi) is 18.1. The maximum atomic E-state index is 10.2. The monoisotopic (exact) mass is 375 g/mol. The number of carbonyl (C=O) groups is 1. The molecule has 0 saturated heterocycles. The number of hydrogen-bond acceptors (Lipinski definition) is 3. The van der Waals surface area contributed by atoms with Crippen LogP contribution in [-0.2, 0) is 4.79 Å². The van der Waals surface area contributed by atoms with Gasteiger partial charge in [0.15, 0.2) is 0 Å². The van der Waals surface area contributed by atoms with Crippen molar-refractivity contribution in [2.75, 3.05) is 6.54 Å². The highest BCUT2D eigenvalue weighted by Gasteiger charge is 1.96. The number of aliphatic carboxylic acids is 1. The van der Waals surface area contributed by atoms with Crippen LogP contribution < -0.4 is 0 Å². The molecule has 0 unspecified atom stereocenters. The predicted molar refractivity (Wildman–Crippen MR) is 111 cm³/mol. The van der Waals surface area contributed by atoms with E-state index in [1.54, 1.807) is 12.2 Å². The smallest absolute Gasteiger partial charge is 0.328 e. The Morgan fingerprint density at radius 1 is 0.704 bits per heavy atom. The van der Waals surface area contributed by atoms with Gasteiger partial charge in [0.2, 0.25) is 6.54 Å². The van der Waals surface area contributed by atoms with Crippen molar-refractivity contribution in [2.24, 2.45) is 0 Å². The van der Waals surface area contributed by atoms with E-state index < -0.39 is 5.97 Å². The van der Waals surface area contributed by atoms with E-state index >= 15 is 0 Å². The van der Waals surface area contributed by atoms with Gasteiger partial charge in [-0.1, -0.05) is 93.2 Å². The minimum Gasteiger partial charge on any atom is -0.478 e. The van der Waals surface area contributed by atoms with Gasteiger partial charge in [-0.3, -0.25) is 10.1 Å². The fraction of sp³-hybridized carbons (Fsp3) is 0.500. The van der Waals surface area contributed by atoms with Gasteiger partial charge in [-0.15, -0.1) is 0 Å². The van der Waals surface area contributed by atoms with Crippen LogP contribution >= 0.6 is 0 Å². The molecule has 0 amide bonds. The van der Waals surface area contributed by atoms with E-state index in [1.165, 1.54) is 44.6 Å². The zero-order chi connectivity index (χ0) is 20.0. The number of allylic oxidation sites excluding steroid dienone is 9. The third-order valence-electron chi connectivity index (χ3n) is 3.86. The molecule has 5 heteroatoms. The van der Waals surface area contributed by atoms with Crippen molar-refractivity contribution in [3.05, 3.63) is 70.9 Å². The molecule has 0 saturated carbocycles. The Morgan fingerprint density at radius 2 is 1.15 bits per heavy atom. The molecule has 0 heterocycles. The maximum absolute atomic E-state index is 10.2. The van der Waals surface area contributed by atoms with Crippen LogP contribution in [0, 0.1) is 10.1 Å². The molecule has 0 fully saturated rings. The highest BCUT2D eigenvalue weighted by molar-refractivity contribution is 5.80. The van der Waals surface area contributed by atoms with Crippen molar-refractivity contribution in [3.8, 4) is 0 Å². The normalized spacial score (nSPS) is 12.4. The molecule has 1 N–H and O–H groups in total. The van der Waals surface area contributed by atoms with E-state index in [1.807, 2.05) is 30.4 Å². The largest absolute Gasteiger partial charge is 0.478 e. The third kappa shape index (κ3) is 23.6. The molecule has 0 aliphatic rings. The molecular weight excluding hydrogens is 342 g/mol. The van der Waals surface area contributed by atoms with Crippen LogP contribution in [0.4, 0.5) is 0 Å². The van der Waals surface area contributed by atoms with Crippen LogP contribution in [0.3, 0.4) is 0 Å². The molecule has 0 bridgehead atoms. The van der Waals surface area contributed by atoms with Crippen molar-refractivity contribution in [1.29, 1.82) is 0 Å². The van der Waals surface area contributed by atoms with Gasteiger partial charge in [0.1, 0.15) is 0 Å². The summed E-state index contributed by atoms with van der Waals surface area (Å²) in [6.07, 6.45) is 29.2. The average molecular weight is 376 g/mol. The predicted octanol–water partition coefficient (Wildman–Crippen LogP) is 6.03. The van der Waals surface area contributed by atoms with E-state index in [9.17, 15) is 14.9 Å². The molecule has 0 rings (SSSR count). The Hall–Kier alpha value is -2.43. The number of hydrogen-bond donors (Lipinski definition) is 1. The number of carboxylic acid groups (broad SMARTS) is 1. The van der Waals surface area contributed by atoms with Crippen LogP contribution in [0.2, 0.25) is 0 Å². The molecular formula is C22H33NO4.